The summed E-state index contributed by atoms with van der Waals surface area (Å²) in [4.78, 5) is 13.8. The Morgan fingerprint density at radius 1 is 1.44 bits per heavy atom. The van der Waals surface area contributed by atoms with Crippen LogP contribution >= 0.6 is 0 Å². The number of hydrogen-bond acceptors (Lipinski definition) is 3. The van der Waals surface area contributed by atoms with Gasteiger partial charge in [0.2, 0.25) is 0 Å². The van der Waals surface area contributed by atoms with Crippen molar-refractivity contribution in [2.45, 2.75) is 25.9 Å². The fraction of sp³-hybridized carbons (Fsp3) is 0.500. The van der Waals surface area contributed by atoms with Crippen molar-refractivity contribution in [3.05, 3.63) is 29.8 Å². The number of aliphatic hydroxyl groups excluding tert-OH is 1. The number of rotatable bonds is 4. The van der Waals surface area contributed by atoms with E-state index in [9.17, 15) is 9.90 Å². The van der Waals surface area contributed by atoms with E-state index in [4.69, 9.17) is 4.74 Å². The molecule has 0 radical (unpaired) electrons. The highest BCUT2D eigenvalue weighted by Gasteiger charge is 2.25. The normalized spacial score (nSPS) is 19.0. The zero-order chi connectivity index (χ0) is 13.0. The second-order valence-corrected chi connectivity index (χ2v) is 4.57. The summed E-state index contributed by atoms with van der Waals surface area (Å²) in [6, 6.07) is 7.18. The third-order valence-electron chi connectivity index (χ3n) is 3.02. The molecule has 0 aromatic heterocycles. The number of hydrogen-bond donors (Lipinski definition) is 1. The number of aliphatic hydroxyl groups is 1. The Balaban J connectivity index is 1.98. The van der Waals surface area contributed by atoms with Gasteiger partial charge in [-0.1, -0.05) is 6.92 Å². The quantitative estimate of drug-likeness (QED) is 0.883. The lowest BCUT2D eigenvalue weighted by Gasteiger charge is -2.15. The van der Waals surface area contributed by atoms with Crippen molar-refractivity contribution in [1.82, 2.24) is 4.90 Å². The van der Waals surface area contributed by atoms with E-state index >= 15 is 0 Å². The van der Waals surface area contributed by atoms with E-state index in [0.29, 0.717) is 31.7 Å². The lowest BCUT2D eigenvalue weighted by Crippen LogP contribution is -2.29. The number of amides is 1. The Kier molecular flexibility index (Phi) is 4.20. The first-order chi connectivity index (χ1) is 8.70. The van der Waals surface area contributed by atoms with Crippen molar-refractivity contribution in [2.24, 2.45) is 0 Å². The molecular formula is C14H19NO3. The SMILES string of the molecule is CCCOc1ccc(C(=O)N2CC[C@H](O)C2)cc1. The molecule has 1 fully saturated rings. The number of carbonyl (C=O) groups is 1. The minimum absolute atomic E-state index is 0.0198. The molecule has 1 atom stereocenters. The second-order valence-electron chi connectivity index (χ2n) is 4.57. The van der Waals surface area contributed by atoms with Gasteiger partial charge >= 0.3 is 0 Å². The molecule has 1 amide bonds. The average Bonchev–Trinajstić information content (AvgIpc) is 2.83. The Morgan fingerprint density at radius 3 is 2.72 bits per heavy atom. The first-order valence-corrected chi connectivity index (χ1v) is 6.41. The fourth-order valence-corrected chi connectivity index (χ4v) is 2.02. The van der Waals surface area contributed by atoms with Gasteiger partial charge in [0.25, 0.3) is 5.91 Å². The number of likely N-dealkylation sites (tertiary alicyclic amines) is 1. The molecule has 0 aliphatic carbocycles. The molecule has 1 aromatic rings. The summed E-state index contributed by atoms with van der Waals surface area (Å²) < 4.78 is 5.47. The predicted molar refractivity (Wildman–Crippen MR) is 68.8 cm³/mol. The van der Waals surface area contributed by atoms with Gasteiger partial charge in [0.05, 0.1) is 12.7 Å². The summed E-state index contributed by atoms with van der Waals surface area (Å²) in [5.74, 6) is 0.767. The van der Waals surface area contributed by atoms with Crippen LogP contribution in [0.15, 0.2) is 24.3 Å². The maximum atomic E-state index is 12.1. The molecule has 4 heteroatoms. The first-order valence-electron chi connectivity index (χ1n) is 6.41. The van der Waals surface area contributed by atoms with Crippen molar-refractivity contribution >= 4 is 5.91 Å². The van der Waals surface area contributed by atoms with Crippen molar-refractivity contribution in [2.75, 3.05) is 19.7 Å². The summed E-state index contributed by atoms with van der Waals surface area (Å²) in [5, 5.41) is 9.42. The highest BCUT2D eigenvalue weighted by atomic mass is 16.5. The van der Waals surface area contributed by atoms with Gasteiger partial charge < -0.3 is 14.7 Å². The molecule has 0 unspecified atom stereocenters. The smallest absolute Gasteiger partial charge is 0.253 e. The summed E-state index contributed by atoms with van der Waals surface area (Å²) in [7, 11) is 0. The molecule has 1 saturated heterocycles. The Hall–Kier alpha value is -1.55. The molecule has 1 aliphatic rings. The maximum Gasteiger partial charge on any atom is 0.253 e. The number of β-amino-alcohol motifs (C(OH)–C–C–N with tert-alkyl or cyclic N) is 1. The topological polar surface area (TPSA) is 49.8 Å². The van der Waals surface area contributed by atoms with Crippen LogP contribution in [0, 0.1) is 0 Å². The average molecular weight is 249 g/mol. The van der Waals surface area contributed by atoms with Crippen molar-refractivity contribution in [3.63, 3.8) is 0 Å². The van der Waals surface area contributed by atoms with Crippen LogP contribution in [-0.2, 0) is 0 Å². The number of ether oxygens (including phenoxy) is 1. The molecule has 1 heterocycles. The molecule has 1 aromatic carbocycles. The van der Waals surface area contributed by atoms with Gasteiger partial charge in [-0.05, 0) is 37.1 Å². The van der Waals surface area contributed by atoms with Crippen LogP contribution in [0.2, 0.25) is 0 Å². The predicted octanol–water partition coefficient (Wildman–Crippen LogP) is 1.68. The Labute approximate surface area is 107 Å². The number of nitrogens with zero attached hydrogens (tertiary/aromatic N) is 1. The third-order valence-corrected chi connectivity index (χ3v) is 3.02. The van der Waals surface area contributed by atoms with Gasteiger partial charge in [-0.2, -0.15) is 0 Å². The first kappa shape index (κ1) is 12.9. The summed E-state index contributed by atoms with van der Waals surface area (Å²) in [6.07, 6.45) is 1.26. The lowest BCUT2D eigenvalue weighted by molar-refractivity contribution is 0.0765. The van der Waals surface area contributed by atoms with Gasteiger partial charge in [0.1, 0.15) is 5.75 Å². The van der Waals surface area contributed by atoms with Gasteiger partial charge in [-0.15, -0.1) is 0 Å². The zero-order valence-electron chi connectivity index (χ0n) is 10.6. The van der Waals surface area contributed by atoms with Crippen molar-refractivity contribution in [1.29, 1.82) is 0 Å². The fourth-order valence-electron chi connectivity index (χ4n) is 2.02. The Bertz CT molecular complexity index is 402. The molecular weight excluding hydrogens is 230 g/mol. The van der Waals surface area contributed by atoms with Crippen LogP contribution in [0.3, 0.4) is 0 Å². The monoisotopic (exact) mass is 249 g/mol. The molecule has 1 aliphatic heterocycles. The molecule has 1 N–H and O–H groups in total. The Morgan fingerprint density at radius 2 is 2.17 bits per heavy atom. The molecule has 2 rings (SSSR count). The highest BCUT2D eigenvalue weighted by molar-refractivity contribution is 5.94. The maximum absolute atomic E-state index is 12.1. The molecule has 98 valence electrons. The minimum atomic E-state index is -0.374. The third kappa shape index (κ3) is 3.01. The standard InChI is InChI=1S/C14H19NO3/c1-2-9-18-13-5-3-11(4-6-13)14(17)15-8-7-12(16)10-15/h3-6,12,16H,2,7-10H2,1H3/t12-/m0/s1. The van der Waals surface area contributed by atoms with E-state index in [0.717, 1.165) is 12.2 Å². The summed E-state index contributed by atoms with van der Waals surface area (Å²) in [5.41, 5.74) is 0.646. The molecule has 0 saturated carbocycles. The molecule has 0 spiro atoms. The van der Waals surface area contributed by atoms with Gasteiger partial charge in [-0.25, -0.2) is 0 Å². The second kappa shape index (κ2) is 5.87. The minimum Gasteiger partial charge on any atom is -0.494 e. The van der Waals surface area contributed by atoms with E-state index in [1.807, 2.05) is 12.1 Å². The van der Waals surface area contributed by atoms with Crippen LogP contribution < -0.4 is 4.74 Å². The zero-order valence-corrected chi connectivity index (χ0v) is 10.6. The van der Waals surface area contributed by atoms with E-state index in [2.05, 4.69) is 6.92 Å². The van der Waals surface area contributed by atoms with Crippen LogP contribution in [-0.4, -0.2) is 41.7 Å². The van der Waals surface area contributed by atoms with Crippen LogP contribution in [0.25, 0.3) is 0 Å². The van der Waals surface area contributed by atoms with Crippen LogP contribution in [0.1, 0.15) is 30.1 Å². The van der Waals surface area contributed by atoms with Crippen LogP contribution in [0.5, 0.6) is 5.75 Å². The molecule has 4 nitrogen and oxygen atoms in total. The van der Waals surface area contributed by atoms with E-state index in [-0.39, 0.29) is 12.0 Å². The molecule has 0 bridgehead atoms. The lowest BCUT2D eigenvalue weighted by atomic mass is 10.2. The largest absolute Gasteiger partial charge is 0.494 e. The summed E-state index contributed by atoms with van der Waals surface area (Å²) >= 11 is 0. The molecule has 18 heavy (non-hydrogen) atoms. The number of benzene rings is 1. The van der Waals surface area contributed by atoms with E-state index in [1.54, 1.807) is 17.0 Å². The van der Waals surface area contributed by atoms with Crippen LogP contribution in [0.4, 0.5) is 0 Å². The van der Waals surface area contributed by atoms with Crippen molar-refractivity contribution < 1.29 is 14.6 Å². The van der Waals surface area contributed by atoms with Gasteiger partial charge in [0.15, 0.2) is 0 Å². The highest BCUT2D eigenvalue weighted by Crippen LogP contribution is 2.17. The number of carbonyl (C=O) groups excluding carboxylic acids is 1. The van der Waals surface area contributed by atoms with E-state index in [1.165, 1.54) is 0 Å². The summed E-state index contributed by atoms with van der Waals surface area (Å²) in [6.45, 7) is 3.81. The van der Waals surface area contributed by atoms with Gasteiger partial charge in [-0.3, -0.25) is 4.79 Å². The van der Waals surface area contributed by atoms with E-state index < -0.39 is 0 Å². The van der Waals surface area contributed by atoms with Crippen molar-refractivity contribution in [3.8, 4) is 5.75 Å². The van der Waals surface area contributed by atoms with Gasteiger partial charge in [0, 0.05) is 18.7 Å².